The average Bonchev–Trinajstić information content (AvgIpc) is 2.90. The predicted molar refractivity (Wildman–Crippen MR) is 110 cm³/mol. The molecule has 138 valence electrons. The Morgan fingerprint density at radius 2 is 1.96 bits per heavy atom. The van der Waals surface area contributed by atoms with E-state index in [0.717, 1.165) is 22.6 Å². The van der Waals surface area contributed by atoms with Crippen molar-refractivity contribution < 1.29 is 8.42 Å². The molecule has 3 aromatic rings. The number of nitrogens with one attached hydrogen (secondary N) is 1. The maximum atomic E-state index is 12.5. The summed E-state index contributed by atoms with van der Waals surface area (Å²) in [6.45, 7) is 2.44. The summed E-state index contributed by atoms with van der Waals surface area (Å²) in [5, 5.41) is 0. The van der Waals surface area contributed by atoms with Crippen molar-refractivity contribution in [2.45, 2.75) is 17.6 Å². The Morgan fingerprint density at radius 1 is 1.19 bits per heavy atom. The molecule has 1 heterocycles. The van der Waals surface area contributed by atoms with Gasteiger partial charge < -0.3 is 4.57 Å². The van der Waals surface area contributed by atoms with Crippen molar-refractivity contribution in [2.75, 3.05) is 12.3 Å². The molecule has 0 fully saturated rings. The molecule has 8 heteroatoms. The van der Waals surface area contributed by atoms with E-state index in [-0.39, 0.29) is 9.77 Å². The van der Waals surface area contributed by atoms with E-state index in [1.165, 1.54) is 21.8 Å². The molecule has 0 aliphatic rings. The molecule has 0 aliphatic carbocycles. The molecule has 0 bridgehead atoms. The fourth-order valence-corrected chi connectivity index (χ4v) is 5.68. The number of thioether (sulfide) groups is 1. The van der Waals surface area contributed by atoms with Crippen molar-refractivity contribution in [3.8, 4) is 0 Å². The number of aromatic nitrogens is 1. The van der Waals surface area contributed by atoms with Crippen LogP contribution in [0.1, 0.15) is 11.1 Å². The largest absolute Gasteiger partial charge is 0.307 e. The molecule has 0 saturated heterocycles. The molecule has 0 atom stereocenters. The van der Waals surface area contributed by atoms with Crippen LogP contribution in [0.3, 0.4) is 0 Å². The van der Waals surface area contributed by atoms with Gasteiger partial charge in [-0.05, 0) is 36.2 Å². The van der Waals surface area contributed by atoms with E-state index >= 15 is 0 Å². The Morgan fingerprint density at radius 3 is 2.73 bits per heavy atom. The smallest absolute Gasteiger partial charge is 0.302 e. The van der Waals surface area contributed by atoms with Crippen LogP contribution in [0.4, 0.5) is 0 Å². The lowest BCUT2D eigenvalue weighted by molar-refractivity contribution is 0.584. The molecular formula is C18H20N2O3S3. The number of hydrogen-bond acceptors (Lipinski definition) is 5. The van der Waals surface area contributed by atoms with Gasteiger partial charge in [0.25, 0.3) is 0 Å². The first kappa shape index (κ1) is 19.2. The van der Waals surface area contributed by atoms with Crippen LogP contribution in [0.5, 0.6) is 0 Å². The second-order valence-corrected chi connectivity index (χ2v) is 9.80. The zero-order valence-electron chi connectivity index (χ0n) is 14.6. The number of nitrogens with zero attached hydrogens (tertiary/aromatic N) is 1. The number of hydrogen-bond donors (Lipinski definition) is 1. The molecule has 0 radical (unpaired) electrons. The van der Waals surface area contributed by atoms with Crippen molar-refractivity contribution in [1.29, 1.82) is 0 Å². The van der Waals surface area contributed by atoms with Gasteiger partial charge >= 0.3 is 4.87 Å². The number of aryl methyl sites for hydroxylation is 2. The van der Waals surface area contributed by atoms with E-state index in [0.29, 0.717) is 17.0 Å². The van der Waals surface area contributed by atoms with E-state index in [4.69, 9.17) is 0 Å². The number of thiazole rings is 1. The molecule has 3 rings (SSSR count). The number of sulfonamides is 1. The van der Waals surface area contributed by atoms with Crippen LogP contribution < -0.4 is 9.60 Å². The normalized spacial score (nSPS) is 11.9. The highest BCUT2D eigenvalue weighted by atomic mass is 32.2. The highest BCUT2D eigenvalue weighted by Gasteiger charge is 2.15. The van der Waals surface area contributed by atoms with Gasteiger partial charge in [-0.25, -0.2) is 13.1 Å². The lowest BCUT2D eigenvalue weighted by atomic mass is 10.1. The quantitative estimate of drug-likeness (QED) is 0.610. The summed E-state index contributed by atoms with van der Waals surface area (Å²) in [7, 11) is -1.90. The Labute approximate surface area is 161 Å². The van der Waals surface area contributed by atoms with Crippen LogP contribution in [0, 0.1) is 6.92 Å². The SMILES string of the molecule is Cc1ccccc1CSCCNS(=O)(=O)c1ccc2c(c1)sc(=O)n2C. The van der Waals surface area contributed by atoms with Crippen molar-refractivity contribution in [2.24, 2.45) is 7.05 Å². The molecule has 0 aliphatic heterocycles. The third-order valence-electron chi connectivity index (χ3n) is 4.13. The minimum Gasteiger partial charge on any atom is -0.302 e. The zero-order chi connectivity index (χ0) is 18.7. The molecule has 0 spiro atoms. The molecule has 1 aromatic heterocycles. The number of rotatable bonds is 7. The van der Waals surface area contributed by atoms with E-state index in [1.54, 1.807) is 30.9 Å². The fraction of sp³-hybridized carbons (Fsp3) is 0.278. The standard InChI is InChI=1S/C18H20N2O3S3/c1-13-5-3-4-6-14(13)12-24-10-9-19-26(22,23)15-7-8-16-17(11-15)25-18(21)20(16)2/h3-8,11,19H,9-10,12H2,1-2H3. The van der Waals surface area contributed by atoms with Gasteiger partial charge in [-0.3, -0.25) is 4.79 Å². The fourth-order valence-electron chi connectivity index (χ4n) is 2.57. The van der Waals surface area contributed by atoms with Crippen molar-refractivity contribution in [1.82, 2.24) is 9.29 Å². The zero-order valence-corrected chi connectivity index (χ0v) is 17.0. The van der Waals surface area contributed by atoms with E-state index in [2.05, 4.69) is 23.8 Å². The summed E-state index contributed by atoms with van der Waals surface area (Å²) in [6.07, 6.45) is 0. The highest BCUT2D eigenvalue weighted by molar-refractivity contribution is 7.98. The molecule has 1 N–H and O–H groups in total. The van der Waals surface area contributed by atoms with Gasteiger partial charge in [0.05, 0.1) is 15.1 Å². The van der Waals surface area contributed by atoms with Gasteiger partial charge in [-0.15, -0.1) is 0 Å². The Kier molecular flexibility index (Phi) is 5.86. The third kappa shape index (κ3) is 4.20. The second kappa shape index (κ2) is 7.96. The van der Waals surface area contributed by atoms with Crippen LogP contribution in [0.15, 0.2) is 52.2 Å². The highest BCUT2D eigenvalue weighted by Crippen LogP contribution is 2.21. The van der Waals surface area contributed by atoms with E-state index < -0.39 is 10.0 Å². The molecular weight excluding hydrogens is 388 g/mol. The summed E-state index contributed by atoms with van der Waals surface area (Å²) in [5.41, 5.74) is 3.26. The minimum absolute atomic E-state index is 0.102. The minimum atomic E-state index is -3.58. The van der Waals surface area contributed by atoms with Crippen molar-refractivity contribution >= 4 is 43.3 Å². The van der Waals surface area contributed by atoms with Crippen LogP contribution >= 0.6 is 23.1 Å². The lowest BCUT2D eigenvalue weighted by Gasteiger charge is -2.08. The van der Waals surface area contributed by atoms with Crippen molar-refractivity contribution in [3.05, 3.63) is 63.3 Å². The monoisotopic (exact) mass is 408 g/mol. The maximum Gasteiger partial charge on any atom is 0.307 e. The summed E-state index contributed by atoms with van der Waals surface area (Å²) in [6, 6.07) is 13.0. The summed E-state index contributed by atoms with van der Waals surface area (Å²) in [4.78, 5) is 11.8. The third-order valence-corrected chi connectivity index (χ3v) is 7.59. The lowest BCUT2D eigenvalue weighted by Crippen LogP contribution is -2.26. The van der Waals surface area contributed by atoms with E-state index in [1.807, 2.05) is 12.1 Å². The maximum absolute atomic E-state index is 12.5. The Balaban J connectivity index is 1.59. The average molecular weight is 409 g/mol. The number of fused-ring (bicyclic) bond motifs is 1. The Bertz CT molecular complexity index is 1080. The van der Waals surface area contributed by atoms with Gasteiger partial charge in [0.15, 0.2) is 0 Å². The van der Waals surface area contributed by atoms with Crippen LogP contribution in [0.2, 0.25) is 0 Å². The molecule has 0 saturated carbocycles. The summed E-state index contributed by atoms with van der Waals surface area (Å²) >= 11 is 2.75. The van der Waals surface area contributed by atoms with E-state index in [9.17, 15) is 13.2 Å². The topological polar surface area (TPSA) is 68.2 Å². The van der Waals surface area contributed by atoms with Crippen LogP contribution in [-0.2, 0) is 22.8 Å². The molecule has 2 aromatic carbocycles. The first-order chi connectivity index (χ1) is 12.4. The van der Waals surface area contributed by atoms with Gasteiger partial charge in [0.1, 0.15) is 0 Å². The first-order valence-electron chi connectivity index (χ1n) is 8.10. The van der Waals surface area contributed by atoms with Gasteiger partial charge in [-0.2, -0.15) is 11.8 Å². The predicted octanol–water partition coefficient (Wildman–Crippen LogP) is 3.12. The summed E-state index contributed by atoms with van der Waals surface area (Å²) in [5.74, 6) is 1.55. The van der Waals surface area contributed by atoms with Gasteiger partial charge in [0.2, 0.25) is 10.0 Å². The first-order valence-corrected chi connectivity index (χ1v) is 11.6. The van der Waals surface area contributed by atoms with Crippen LogP contribution in [-0.4, -0.2) is 25.3 Å². The van der Waals surface area contributed by atoms with Gasteiger partial charge in [-0.1, -0.05) is 35.6 Å². The molecule has 0 amide bonds. The second-order valence-electron chi connectivity index (χ2n) is 5.93. The van der Waals surface area contributed by atoms with Crippen molar-refractivity contribution in [3.63, 3.8) is 0 Å². The number of benzene rings is 2. The Hall–Kier alpha value is -1.61. The van der Waals surface area contributed by atoms with Crippen LogP contribution in [0.25, 0.3) is 10.2 Å². The molecule has 26 heavy (non-hydrogen) atoms. The van der Waals surface area contributed by atoms with Gasteiger partial charge in [0, 0.05) is 25.1 Å². The molecule has 5 nitrogen and oxygen atoms in total. The summed E-state index contributed by atoms with van der Waals surface area (Å²) < 4.78 is 29.7. The molecule has 0 unspecified atom stereocenters.